The van der Waals surface area contributed by atoms with Crippen molar-refractivity contribution in [3.8, 4) is 17.2 Å². The monoisotopic (exact) mass is 505 g/mol. The number of aryl methyl sites for hydroxylation is 1. The molecule has 3 aromatic carbocycles. The van der Waals surface area contributed by atoms with Crippen LogP contribution in [-0.2, 0) is 6.42 Å². The molecule has 36 heavy (non-hydrogen) atoms. The number of carbonyl (C=O) groups excluding carboxylic acids is 1. The quantitative estimate of drug-likeness (QED) is 0.384. The minimum atomic E-state index is -0.721. The second-order valence-electron chi connectivity index (χ2n) is 8.70. The first-order chi connectivity index (χ1) is 17.3. The molecule has 8 heteroatoms. The van der Waals surface area contributed by atoms with Crippen LogP contribution >= 0.6 is 11.6 Å². The molecule has 1 aromatic heterocycles. The number of hydrogen-bond acceptors (Lipinski definition) is 6. The van der Waals surface area contributed by atoms with Gasteiger partial charge in [-0.25, -0.2) is 0 Å². The van der Waals surface area contributed by atoms with Gasteiger partial charge in [0.15, 0.2) is 16.9 Å². The predicted octanol–water partition coefficient (Wildman–Crippen LogP) is 5.27. The number of fused-ring (bicyclic) bond motifs is 2. The molecule has 2 heterocycles. The molecule has 1 atom stereocenters. The molecule has 7 nitrogen and oxygen atoms in total. The number of ether oxygens (including phenoxy) is 2. The number of halogens is 1. The Morgan fingerprint density at radius 1 is 1.03 bits per heavy atom. The van der Waals surface area contributed by atoms with Gasteiger partial charge >= 0.3 is 0 Å². The fourth-order valence-electron chi connectivity index (χ4n) is 4.62. The highest BCUT2D eigenvalue weighted by Crippen LogP contribution is 2.41. The topological polar surface area (TPSA) is 89.2 Å². The van der Waals surface area contributed by atoms with E-state index in [0.717, 1.165) is 16.9 Å². The average Bonchev–Trinajstić information content (AvgIpc) is 3.16. The van der Waals surface area contributed by atoms with Gasteiger partial charge in [-0.05, 0) is 66.4 Å². The van der Waals surface area contributed by atoms with Gasteiger partial charge in [0.2, 0.25) is 5.76 Å². The first-order valence-electron chi connectivity index (χ1n) is 11.4. The predicted molar refractivity (Wildman–Crippen MR) is 136 cm³/mol. The Balaban J connectivity index is 1.64. The number of rotatable bonds is 6. The molecular weight excluding hydrogens is 482 g/mol. The molecule has 0 aliphatic carbocycles. The van der Waals surface area contributed by atoms with Crippen LogP contribution in [0.1, 0.15) is 38.9 Å². The van der Waals surface area contributed by atoms with E-state index in [4.69, 9.17) is 25.5 Å². The van der Waals surface area contributed by atoms with Crippen molar-refractivity contribution in [2.45, 2.75) is 19.4 Å². The number of amides is 1. The summed E-state index contributed by atoms with van der Waals surface area (Å²) in [5.74, 6) is 0.590. The SMILES string of the molecule is COc1ccc(CCN2C(=O)c3oc4cc(C)c(Cl)cc4c(=O)c3C2c2ccc(O)c(OC)c2)cc1. The largest absolute Gasteiger partial charge is 0.504 e. The van der Waals surface area contributed by atoms with Gasteiger partial charge < -0.3 is 23.9 Å². The van der Waals surface area contributed by atoms with Crippen molar-refractivity contribution in [2.24, 2.45) is 0 Å². The van der Waals surface area contributed by atoms with Crippen molar-refractivity contribution in [1.29, 1.82) is 0 Å². The fraction of sp³-hybridized carbons (Fsp3) is 0.214. The van der Waals surface area contributed by atoms with Gasteiger partial charge in [0.1, 0.15) is 11.3 Å². The Kier molecular flexibility index (Phi) is 6.10. The van der Waals surface area contributed by atoms with E-state index in [-0.39, 0.29) is 34.2 Å². The minimum Gasteiger partial charge on any atom is -0.504 e. The summed E-state index contributed by atoms with van der Waals surface area (Å²) in [6.07, 6.45) is 0.550. The van der Waals surface area contributed by atoms with Gasteiger partial charge in [0, 0.05) is 11.6 Å². The summed E-state index contributed by atoms with van der Waals surface area (Å²) >= 11 is 6.31. The number of benzene rings is 3. The number of aromatic hydroxyl groups is 1. The third kappa shape index (κ3) is 3.95. The average molecular weight is 506 g/mol. The summed E-state index contributed by atoms with van der Waals surface area (Å²) in [6.45, 7) is 2.14. The third-order valence-electron chi connectivity index (χ3n) is 6.57. The molecule has 1 aliphatic rings. The van der Waals surface area contributed by atoms with Crippen LogP contribution < -0.4 is 14.9 Å². The molecule has 1 N–H and O–H groups in total. The third-order valence-corrected chi connectivity index (χ3v) is 6.97. The van der Waals surface area contributed by atoms with Crippen LogP contribution in [-0.4, -0.2) is 36.7 Å². The van der Waals surface area contributed by atoms with E-state index in [9.17, 15) is 14.7 Å². The van der Waals surface area contributed by atoms with E-state index in [1.807, 2.05) is 31.2 Å². The van der Waals surface area contributed by atoms with Crippen molar-refractivity contribution < 1.29 is 23.8 Å². The normalized spacial score (nSPS) is 14.8. The van der Waals surface area contributed by atoms with Gasteiger partial charge in [0.05, 0.1) is 31.2 Å². The molecule has 0 spiro atoms. The molecule has 0 saturated heterocycles. The number of phenols is 1. The number of nitrogens with zero attached hydrogens (tertiary/aromatic N) is 1. The summed E-state index contributed by atoms with van der Waals surface area (Å²) < 4.78 is 16.5. The lowest BCUT2D eigenvalue weighted by molar-refractivity contribution is 0.0730. The number of methoxy groups -OCH3 is 2. The lowest BCUT2D eigenvalue weighted by Gasteiger charge is -2.25. The maximum atomic E-state index is 13.7. The second-order valence-corrected chi connectivity index (χ2v) is 9.11. The molecule has 0 saturated carbocycles. The first kappa shape index (κ1) is 23.8. The van der Waals surface area contributed by atoms with Crippen molar-refractivity contribution in [3.05, 3.63) is 97.9 Å². The molecule has 1 aliphatic heterocycles. The standard InChI is InChI=1S/C28H24ClNO6/c1-15-12-22-19(14-20(15)29)26(32)24-25(17-6-9-21(31)23(13-17)35-3)30(28(33)27(24)36-22)11-10-16-4-7-18(34-2)8-5-16/h4-9,12-14,25,31H,10-11H2,1-3H3. The zero-order valence-electron chi connectivity index (χ0n) is 20.0. The molecule has 5 rings (SSSR count). The first-order valence-corrected chi connectivity index (χ1v) is 11.8. The molecule has 0 fully saturated rings. The van der Waals surface area contributed by atoms with E-state index < -0.39 is 6.04 Å². The van der Waals surface area contributed by atoms with Crippen LogP contribution in [0.25, 0.3) is 11.0 Å². The maximum absolute atomic E-state index is 13.7. The van der Waals surface area contributed by atoms with Crippen LogP contribution in [0.2, 0.25) is 5.02 Å². The highest BCUT2D eigenvalue weighted by atomic mass is 35.5. The maximum Gasteiger partial charge on any atom is 0.290 e. The van der Waals surface area contributed by atoms with E-state index in [1.54, 1.807) is 36.3 Å². The number of phenolic OH excluding ortho intramolecular Hbond substituents is 1. The van der Waals surface area contributed by atoms with Crippen LogP contribution in [0.15, 0.2) is 63.8 Å². The van der Waals surface area contributed by atoms with E-state index in [0.29, 0.717) is 34.5 Å². The molecule has 1 amide bonds. The van der Waals surface area contributed by atoms with Gasteiger partial charge in [-0.2, -0.15) is 0 Å². The smallest absolute Gasteiger partial charge is 0.290 e. The Morgan fingerprint density at radius 2 is 1.78 bits per heavy atom. The molecule has 1 unspecified atom stereocenters. The molecule has 184 valence electrons. The summed E-state index contributed by atoms with van der Waals surface area (Å²) in [4.78, 5) is 29.0. The zero-order chi connectivity index (χ0) is 25.6. The van der Waals surface area contributed by atoms with Gasteiger partial charge in [-0.15, -0.1) is 0 Å². The summed E-state index contributed by atoms with van der Waals surface area (Å²) in [5.41, 5.74) is 2.62. The Morgan fingerprint density at radius 3 is 2.47 bits per heavy atom. The van der Waals surface area contributed by atoms with Crippen molar-refractivity contribution in [3.63, 3.8) is 0 Å². The highest BCUT2D eigenvalue weighted by Gasteiger charge is 2.42. The van der Waals surface area contributed by atoms with Gasteiger partial charge in [0.25, 0.3) is 5.91 Å². The second kappa shape index (κ2) is 9.24. The van der Waals surface area contributed by atoms with Gasteiger partial charge in [-0.1, -0.05) is 29.8 Å². The Labute approximate surface area is 212 Å². The summed E-state index contributed by atoms with van der Waals surface area (Å²) in [6, 6.07) is 14.9. The minimum absolute atomic E-state index is 0.0148. The van der Waals surface area contributed by atoms with Gasteiger partial charge in [-0.3, -0.25) is 9.59 Å². The lowest BCUT2D eigenvalue weighted by Crippen LogP contribution is -2.31. The molecule has 0 radical (unpaired) electrons. The van der Waals surface area contributed by atoms with Crippen LogP contribution in [0.3, 0.4) is 0 Å². The van der Waals surface area contributed by atoms with Crippen molar-refractivity contribution >= 4 is 28.5 Å². The highest BCUT2D eigenvalue weighted by molar-refractivity contribution is 6.32. The molecule has 4 aromatic rings. The van der Waals surface area contributed by atoms with Crippen LogP contribution in [0.5, 0.6) is 17.2 Å². The lowest BCUT2D eigenvalue weighted by atomic mass is 9.97. The van der Waals surface area contributed by atoms with E-state index in [2.05, 4.69) is 0 Å². The summed E-state index contributed by atoms with van der Waals surface area (Å²) in [7, 11) is 3.05. The number of carbonyl (C=O) groups is 1. The van der Waals surface area contributed by atoms with Crippen molar-refractivity contribution in [1.82, 2.24) is 4.90 Å². The number of hydrogen-bond donors (Lipinski definition) is 1. The van der Waals surface area contributed by atoms with E-state index >= 15 is 0 Å². The Bertz CT molecular complexity index is 1540. The van der Waals surface area contributed by atoms with Crippen LogP contribution in [0, 0.1) is 6.92 Å². The molecular formula is C28H24ClNO6. The fourth-order valence-corrected chi connectivity index (χ4v) is 4.79. The molecule has 0 bridgehead atoms. The summed E-state index contributed by atoms with van der Waals surface area (Å²) in [5, 5.41) is 10.9. The zero-order valence-corrected chi connectivity index (χ0v) is 20.8. The van der Waals surface area contributed by atoms with E-state index in [1.165, 1.54) is 13.2 Å². The van der Waals surface area contributed by atoms with Crippen LogP contribution in [0.4, 0.5) is 0 Å². The Hall–Kier alpha value is -3.97. The van der Waals surface area contributed by atoms with Crippen molar-refractivity contribution in [2.75, 3.05) is 20.8 Å².